The van der Waals surface area contributed by atoms with Gasteiger partial charge in [-0.1, -0.05) is 54.4 Å². The lowest BCUT2D eigenvalue weighted by Gasteiger charge is -2.51. The van der Waals surface area contributed by atoms with Crippen molar-refractivity contribution in [3.8, 4) is 0 Å². The van der Waals surface area contributed by atoms with E-state index in [9.17, 15) is 23.1 Å². The Morgan fingerprint density at radius 3 is 2.26 bits per heavy atom. The number of likely N-dealkylation sites (tertiary alicyclic amines) is 1. The first-order valence-corrected chi connectivity index (χ1v) is 14.0. The van der Waals surface area contributed by atoms with Crippen molar-refractivity contribution in [2.45, 2.75) is 63.8 Å². The van der Waals surface area contributed by atoms with Gasteiger partial charge in [-0.2, -0.15) is 0 Å². The lowest BCUT2D eigenvalue weighted by atomic mass is 9.67. The Labute approximate surface area is 217 Å². The molecule has 1 amide bonds. The normalized spacial score (nSPS) is 24.0. The predicted molar refractivity (Wildman–Crippen MR) is 139 cm³/mol. The van der Waals surface area contributed by atoms with Crippen LogP contribution in [0.4, 0.5) is 0 Å². The lowest BCUT2D eigenvalue weighted by Crippen LogP contribution is -2.57. The summed E-state index contributed by atoms with van der Waals surface area (Å²) in [7, 11) is -3.48. The number of sulfone groups is 1. The molecule has 2 aromatic rings. The number of carbonyl (C=O) groups excluding carboxylic acids is 1. The highest BCUT2D eigenvalue weighted by Crippen LogP contribution is 2.52. The van der Waals surface area contributed by atoms with Crippen LogP contribution in [0.3, 0.4) is 0 Å². The molecule has 1 aliphatic heterocycles. The van der Waals surface area contributed by atoms with Gasteiger partial charge in [0.05, 0.1) is 28.9 Å². The molecule has 4 atom stereocenters. The summed E-state index contributed by atoms with van der Waals surface area (Å²) in [6.07, 6.45) is -0.0949. The molecule has 9 heteroatoms. The molecule has 0 aromatic heterocycles. The minimum atomic E-state index is -3.48. The van der Waals surface area contributed by atoms with Gasteiger partial charge in [-0.15, -0.1) is 0 Å². The molecule has 1 aliphatic rings. The number of piperidine rings is 1. The quantitative estimate of drug-likeness (QED) is 0.461. The fourth-order valence-corrected chi connectivity index (χ4v) is 6.51. The molecular weight excluding hydrogens is 509 g/mol. The molecule has 35 heavy (non-hydrogen) atoms. The van der Waals surface area contributed by atoms with Crippen molar-refractivity contribution in [1.82, 2.24) is 4.90 Å². The first-order chi connectivity index (χ1) is 16.2. The van der Waals surface area contributed by atoms with Crippen LogP contribution in [-0.4, -0.2) is 47.3 Å². The molecule has 1 heterocycles. The maximum absolute atomic E-state index is 14.0. The van der Waals surface area contributed by atoms with Gasteiger partial charge in [-0.25, -0.2) is 8.42 Å². The number of carbonyl (C=O) groups is 2. The van der Waals surface area contributed by atoms with Crippen molar-refractivity contribution in [2.75, 3.05) is 5.75 Å². The third kappa shape index (κ3) is 6.01. The second-order valence-corrected chi connectivity index (χ2v) is 13.4. The second-order valence-electron chi connectivity index (χ2n) is 9.93. The minimum Gasteiger partial charge on any atom is -0.481 e. The van der Waals surface area contributed by atoms with Crippen molar-refractivity contribution in [1.29, 1.82) is 0 Å². The van der Waals surface area contributed by atoms with Crippen LogP contribution in [0, 0.1) is 5.41 Å². The topological polar surface area (TPSA) is 91.8 Å². The molecular formula is C26H31Cl2NO5S. The van der Waals surface area contributed by atoms with Gasteiger partial charge in [0, 0.05) is 22.0 Å². The molecule has 0 unspecified atom stereocenters. The molecule has 1 N–H and O–H groups in total. The summed E-state index contributed by atoms with van der Waals surface area (Å²) in [4.78, 5) is 27.4. The largest absolute Gasteiger partial charge is 0.481 e. The Balaban J connectivity index is 2.23. The molecule has 6 nitrogen and oxygen atoms in total. The Morgan fingerprint density at radius 1 is 1.09 bits per heavy atom. The predicted octanol–water partition coefficient (Wildman–Crippen LogP) is 5.74. The Bertz CT molecular complexity index is 1200. The number of amides is 1. The Hall–Kier alpha value is -2.09. The van der Waals surface area contributed by atoms with Crippen LogP contribution in [-0.2, 0) is 19.4 Å². The molecule has 0 bridgehead atoms. The van der Waals surface area contributed by atoms with Gasteiger partial charge in [0.1, 0.15) is 0 Å². The van der Waals surface area contributed by atoms with E-state index in [1.807, 2.05) is 30.3 Å². The first kappa shape index (κ1) is 27.5. The van der Waals surface area contributed by atoms with Crippen LogP contribution < -0.4 is 0 Å². The van der Waals surface area contributed by atoms with E-state index in [1.54, 1.807) is 50.8 Å². The average Bonchev–Trinajstić information content (AvgIpc) is 2.75. The van der Waals surface area contributed by atoms with Gasteiger partial charge in [-0.3, -0.25) is 9.59 Å². The van der Waals surface area contributed by atoms with E-state index in [4.69, 9.17) is 23.2 Å². The molecule has 0 spiro atoms. The van der Waals surface area contributed by atoms with Crippen LogP contribution in [0.2, 0.25) is 10.0 Å². The molecule has 1 fully saturated rings. The van der Waals surface area contributed by atoms with Crippen molar-refractivity contribution in [2.24, 2.45) is 5.41 Å². The standard InChI is InChI=1S/C26H31Cl2NO5S/c1-16(2)35(33,34)15-17(3)29-24(18-8-10-20(27)11-9-18)22(19-6-5-7-21(28)12-19)13-26(4,25(29)32)14-23(30)31/h5-12,16-17,22,24H,13-15H2,1-4H3,(H,30,31)/t17-,22+,24+,26+/m0/s1. The summed E-state index contributed by atoms with van der Waals surface area (Å²) in [6, 6.07) is 13.2. The van der Waals surface area contributed by atoms with E-state index in [1.165, 1.54) is 0 Å². The van der Waals surface area contributed by atoms with Crippen molar-refractivity contribution in [3.05, 3.63) is 69.7 Å². The van der Waals surface area contributed by atoms with Crippen LogP contribution >= 0.6 is 23.2 Å². The van der Waals surface area contributed by atoms with Gasteiger partial charge < -0.3 is 10.0 Å². The van der Waals surface area contributed by atoms with Gasteiger partial charge in [-0.05, 0) is 62.6 Å². The van der Waals surface area contributed by atoms with E-state index in [-0.39, 0.29) is 30.4 Å². The van der Waals surface area contributed by atoms with Gasteiger partial charge in [0.25, 0.3) is 0 Å². The smallest absolute Gasteiger partial charge is 0.304 e. The van der Waals surface area contributed by atoms with Crippen LogP contribution in [0.25, 0.3) is 0 Å². The number of nitrogens with zero attached hydrogens (tertiary/aromatic N) is 1. The third-order valence-electron chi connectivity index (χ3n) is 6.80. The van der Waals surface area contributed by atoms with E-state index in [2.05, 4.69) is 0 Å². The number of rotatable bonds is 8. The maximum atomic E-state index is 14.0. The van der Waals surface area contributed by atoms with E-state index < -0.39 is 38.6 Å². The van der Waals surface area contributed by atoms with Crippen LogP contribution in [0.15, 0.2) is 48.5 Å². The summed E-state index contributed by atoms with van der Waals surface area (Å²) in [6.45, 7) is 6.58. The molecule has 2 aromatic carbocycles. The van der Waals surface area contributed by atoms with Gasteiger partial charge >= 0.3 is 5.97 Å². The maximum Gasteiger partial charge on any atom is 0.304 e. The summed E-state index contributed by atoms with van der Waals surface area (Å²) >= 11 is 12.4. The number of carboxylic acid groups (broad SMARTS) is 1. The molecule has 3 rings (SSSR count). The number of hydrogen-bond acceptors (Lipinski definition) is 4. The number of aliphatic carboxylic acids is 1. The molecule has 0 aliphatic carbocycles. The van der Waals surface area contributed by atoms with Crippen molar-refractivity contribution >= 4 is 44.9 Å². The minimum absolute atomic E-state index is 0.230. The number of hydrogen-bond donors (Lipinski definition) is 1. The SMILES string of the molecule is CC(C)S(=O)(=O)C[C@H](C)N1C(=O)[C@@](C)(CC(=O)O)C[C@H](c2cccc(Cl)c2)[C@H]1c1ccc(Cl)cc1. The average molecular weight is 541 g/mol. The Kier molecular flexibility index (Phi) is 8.24. The number of carboxylic acids is 1. The number of benzene rings is 2. The molecule has 1 saturated heterocycles. The highest BCUT2D eigenvalue weighted by atomic mass is 35.5. The summed E-state index contributed by atoms with van der Waals surface area (Å²) < 4.78 is 25.7. The van der Waals surface area contributed by atoms with E-state index in [0.29, 0.717) is 10.0 Å². The monoisotopic (exact) mass is 539 g/mol. The second kappa shape index (κ2) is 10.5. The molecule has 190 valence electrons. The van der Waals surface area contributed by atoms with E-state index in [0.717, 1.165) is 11.1 Å². The summed E-state index contributed by atoms with van der Waals surface area (Å²) in [5.74, 6) is -2.00. The van der Waals surface area contributed by atoms with Crippen molar-refractivity contribution < 1.29 is 23.1 Å². The third-order valence-corrected chi connectivity index (χ3v) is 9.67. The van der Waals surface area contributed by atoms with Crippen molar-refractivity contribution in [3.63, 3.8) is 0 Å². The highest BCUT2D eigenvalue weighted by Gasteiger charge is 2.52. The molecule has 0 saturated carbocycles. The Morgan fingerprint density at radius 2 is 1.71 bits per heavy atom. The zero-order valence-electron chi connectivity index (χ0n) is 20.2. The van der Waals surface area contributed by atoms with Crippen LogP contribution in [0.5, 0.6) is 0 Å². The molecule has 0 radical (unpaired) electrons. The van der Waals surface area contributed by atoms with Gasteiger partial charge in [0.2, 0.25) is 5.91 Å². The van der Waals surface area contributed by atoms with E-state index >= 15 is 0 Å². The number of halogens is 2. The fourth-order valence-electron chi connectivity index (χ4n) is 4.97. The lowest BCUT2D eigenvalue weighted by molar-refractivity contribution is -0.159. The fraction of sp³-hybridized carbons (Fsp3) is 0.462. The van der Waals surface area contributed by atoms with Gasteiger partial charge in [0.15, 0.2) is 9.84 Å². The highest BCUT2D eigenvalue weighted by molar-refractivity contribution is 7.92. The zero-order chi connectivity index (χ0) is 26.1. The first-order valence-electron chi connectivity index (χ1n) is 11.5. The summed E-state index contributed by atoms with van der Waals surface area (Å²) in [5.41, 5.74) is 0.418. The van der Waals surface area contributed by atoms with Crippen LogP contribution in [0.1, 0.15) is 63.6 Å². The summed E-state index contributed by atoms with van der Waals surface area (Å²) in [5, 5.41) is 10.1. The zero-order valence-corrected chi connectivity index (χ0v) is 22.6.